The second kappa shape index (κ2) is 4.61. The first-order valence-electron chi connectivity index (χ1n) is 4.94. The summed E-state index contributed by atoms with van der Waals surface area (Å²) in [6, 6.07) is 6.58. The first-order chi connectivity index (χ1) is 7.39. The second-order valence-electron chi connectivity index (χ2n) is 4.11. The first kappa shape index (κ1) is 12.6. The molecular formula is C12H15NO2S. The molecule has 0 aromatic heterocycles. The number of carbonyl (C=O) groups is 1. The molecule has 1 N–H and O–H groups in total. The fraction of sp³-hybridized carbons (Fsp3) is 0.333. The van der Waals surface area contributed by atoms with Gasteiger partial charge in [0.2, 0.25) is 0 Å². The van der Waals surface area contributed by atoms with E-state index >= 15 is 0 Å². The summed E-state index contributed by atoms with van der Waals surface area (Å²) in [5.74, 6) is 0.218. The van der Waals surface area contributed by atoms with Crippen molar-refractivity contribution in [3.05, 3.63) is 24.3 Å². The molecule has 0 bridgehead atoms. The predicted octanol–water partition coefficient (Wildman–Crippen LogP) is 2.52. The van der Waals surface area contributed by atoms with Crippen LogP contribution in [0.15, 0.2) is 24.3 Å². The van der Waals surface area contributed by atoms with E-state index in [4.69, 9.17) is 12.2 Å². The van der Waals surface area contributed by atoms with Crippen LogP contribution in [-0.4, -0.2) is 21.9 Å². The van der Waals surface area contributed by atoms with Crippen molar-refractivity contribution in [2.75, 3.05) is 4.90 Å². The number of phenols is 1. The van der Waals surface area contributed by atoms with Gasteiger partial charge in [0.15, 0.2) is 5.78 Å². The number of aromatic hydroxyl groups is 1. The fourth-order valence-corrected chi connectivity index (χ4v) is 1.68. The van der Waals surface area contributed by atoms with Gasteiger partial charge in [-0.15, -0.1) is 0 Å². The van der Waals surface area contributed by atoms with E-state index in [0.29, 0.717) is 0 Å². The summed E-state index contributed by atoms with van der Waals surface area (Å²) < 4.78 is 0. The van der Waals surface area contributed by atoms with Gasteiger partial charge >= 0.3 is 0 Å². The quantitative estimate of drug-likeness (QED) is 0.817. The maximum absolute atomic E-state index is 11.5. The van der Waals surface area contributed by atoms with Gasteiger partial charge in [0.05, 0.1) is 11.0 Å². The standard InChI is InChI=1S/C12H15NO2S/c1-9(14)12(2,3)13(8-16)10-4-6-11(15)7-5-10/h4-8,15H,1-3H3. The van der Waals surface area contributed by atoms with E-state index in [1.807, 2.05) is 13.8 Å². The topological polar surface area (TPSA) is 40.5 Å². The number of nitrogens with zero attached hydrogens (tertiary/aromatic N) is 1. The molecule has 0 fully saturated rings. The third-order valence-corrected chi connectivity index (χ3v) is 2.91. The van der Waals surface area contributed by atoms with Gasteiger partial charge < -0.3 is 10.0 Å². The summed E-state index contributed by atoms with van der Waals surface area (Å²) in [4.78, 5) is 13.3. The number of carbonyl (C=O) groups excluding carboxylic acids is 1. The van der Waals surface area contributed by atoms with Crippen LogP contribution in [0.1, 0.15) is 20.8 Å². The summed E-state index contributed by atoms with van der Waals surface area (Å²) in [7, 11) is 0. The third-order valence-electron chi connectivity index (χ3n) is 2.70. The molecule has 0 heterocycles. The molecular weight excluding hydrogens is 222 g/mol. The zero-order valence-corrected chi connectivity index (χ0v) is 10.4. The Morgan fingerprint density at radius 1 is 1.38 bits per heavy atom. The van der Waals surface area contributed by atoms with E-state index < -0.39 is 5.54 Å². The van der Waals surface area contributed by atoms with E-state index in [1.54, 1.807) is 29.2 Å². The number of rotatable bonds is 4. The van der Waals surface area contributed by atoms with Gasteiger partial charge in [0, 0.05) is 5.69 Å². The molecule has 0 aliphatic heterocycles. The maximum Gasteiger partial charge on any atom is 0.155 e. The maximum atomic E-state index is 11.5. The molecule has 86 valence electrons. The van der Waals surface area contributed by atoms with Crippen LogP contribution < -0.4 is 4.90 Å². The molecule has 0 radical (unpaired) electrons. The smallest absolute Gasteiger partial charge is 0.155 e. The molecule has 3 nitrogen and oxygen atoms in total. The molecule has 0 spiro atoms. The van der Waals surface area contributed by atoms with Crippen molar-refractivity contribution in [1.29, 1.82) is 0 Å². The van der Waals surface area contributed by atoms with Gasteiger partial charge in [-0.3, -0.25) is 4.79 Å². The van der Waals surface area contributed by atoms with E-state index in [0.717, 1.165) is 5.69 Å². The highest BCUT2D eigenvalue weighted by Gasteiger charge is 2.30. The minimum atomic E-state index is -0.682. The van der Waals surface area contributed by atoms with Crippen molar-refractivity contribution in [1.82, 2.24) is 0 Å². The number of benzene rings is 1. The SMILES string of the molecule is CC(=O)C(C)(C)N(C=S)c1ccc(O)cc1. The zero-order chi connectivity index (χ0) is 12.3. The summed E-state index contributed by atoms with van der Waals surface area (Å²) in [5.41, 5.74) is 1.56. The molecule has 1 aromatic rings. The van der Waals surface area contributed by atoms with Crippen LogP contribution in [0, 0.1) is 0 Å². The Morgan fingerprint density at radius 3 is 2.25 bits per heavy atom. The van der Waals surface area contributed by atoms with E-state index in [-0.39, 0.29) is 11.5 Å². The molecule has 1 rings (SSSR count). The van der Waals surface area contributed by atoms with Gasteiger partial charge in [-0.2, -0.15) is 0 Å². The average Bonchev–Trinajstić information content (AvgIpc) is 2.21. The molecule has 0 atom stereocenters. The lowest BCUT2D eigenvalue weighted by Gasteiger charge is -2.34. The van der Waals surface area contributed by atoms with Crippen molar-refractivity contribution < 1.29 is 9.90 Å². The number of hydrogen-bond acceptors (Lipinski definition) is 3. The lowest BCUT2D eigenvalue weighted by Crippen LogP contribution is -2.48. The first-order valence-corrected chi connectivity index (χ1v) is 5.41. The van der Waals surface area contributed by atoms with Crippen LogP contribution >= 0.6 is 12.2 Å². The average molecular weight is 237 g/mol. The number of anilines is 1. The van der Waals surface area contributed by atoms with E-state index in [2.05, 4.69) is 0 Å². The predicted molar refractivity (Wildman–Crippen MR) is 69.0 cm³/mol. The lowest BCUT2D eigenvalue weighted by atomic mass is 9.97. The highest BCUT2D eigenvalue weighted by atomic mass is 32.1. The van der Waals surface area contributed by atoms with Crippen LogP contribution in [-0.2, 0) is 4.79 Å². The molecule has 0 amide bonds. The van der Waals surface area contributed by atoms with Gasteiger partial charge in [-0.05, 0) is 45.0 Å². The Hall–Kier alpha value is -1.42. The number of Topliss-reactive ketones (excluding diaryl/α,β-unsaturated/α-hetero) is 1. The molecule has 16 heavy (non-hydrogen) atoms. The summed E-state index contributed by atoms with van der Waals surface area (Å²) in [5, 5.41) is 9.20. The van der Waals surface area contributed by atoms with Crippen molar-refractivity contribution >= 4 is 29.2 Å². The minimum Gasteiger partial charge on any atom is -0.508 e. The van der Waals surface area contributed by atoms with Crippen molar-refractivity contribution in [2.24, 2.45) is 0 Å². The fourth-order valence-electron chi connectivity index (χ4n) is 1.30. The number of phenolic OH excluding ortho intramolecular Hbond substituents is 1. The van der Waals surface area contributed by atoms with Gasteiger partial charge in [0.1, 0.15) is 5.75 Å². The number of thiocarbonyl (C=S) groups is 1. The molecule has 0 aliphatic carbocycles. The Bertz CT molecular complexity index is 398. The highest BCUT2D eigenvalue weighted by molar-refractivity contribution is 7.79. The Labute approximate surface area is 101 Å². The van der Waals surface area contributed by atoms with Crippen LogP contribution in [0.5, 0.6) is 5.75 Å². The summed E-state index contributed by atoms with van der Waals surface area (Å²) in [6.45, 7) is 5.15. The van der Waals surface area contributed by atoms with E-state index in [1.165, 1.54) is 12.4 Å². The molecule has 0 unspecified atom stereocenters. The number of ketones is 1. The highest BCUT2D eigenvalue weighted by Crippen LogP contribution is 2.25. The van der Waals surface area contributed by atoms with Gasteiger partial charge in [0.25, 0.3) is 0 Å². The molecule has 0 saturated heterocycles. The Balaban J connectivity index is 3.12. The largest absolute Gasteiger partial charge is 0.508 e. The lowest BCUT2D eigenvalue weighted by molar-refractivity contribution is -0.120. The normalized spacial score (nSPS) is 10.9. The Morgan fingerprint density at radius 2 is 1.88 bits per heavy atom. The molecule has 0 saturated carbocycles. The van der Waals surface area contributed by atoms with Gasteiger partial charge in [-0.1, -0.05) is 12.2 Å². The van der Waals surface area contributed by atoms with Crippen molar-refractivity contribution in [2.45, 2.75) is 26.3 Å². The third kappa shape index (κ3) is 2.39. The monoisotopic (exact) mass is 237 g/mol. The van der Waals surface area contributed by atoms with Crippen LogP contribution in [0.3, 0.4) is 0 Å². The van der Waals surface area contributed by atoms with Crippen molar-refractivity contribution in [3.8, 4) is 5.75 Å². The van der Waals surface area contributed by atoms with E-state index in [9.17, 15) is 9.90 Å². The van der Waals surface area contributed by atoms with Gasteiger partial charge in [-0.25, -0.2) is 0 Å². The second-order valence-corrected chi connectivity index (χ2v) is 4.32. The summed E-state index contributed by atoms with van der Waals surface area (Å²) in [6.07, 6.45) is 0. The zero-order valence-electron chi connectivity index (χ0n) is 9.60. The minimum absolute atomic E-state index is 0.0293. The van der Waals surface area contributed by atoms with Crippen molar-refractivity contribution in [3.63, 3.8) is 0 Å². The molecule has 1 aromatic carbocycles. The molecule has 0 aliphatic rings. The molecule has 4 heteroatoms. The Kier molecular flexibility index (Phi) is 3.65. The van der Waals surface area contributed by atoms with Crippen LogP contribution in [0.25, 0.3) is 0 Å². The number of hydrogen-bond donors (Lipinski definition) is 1. The van der Waals surface area contributed by atoms with Crippen LogP contribution in [0.4, 0.5) is 5.69 Å². The summed E-state index contributed by atoms with van der Waals surface area (Å²) >= 11 is 4.94. The van der Waals surface area contributed by atoms with Crippen LogP contribution in [0.2, 0.25) is 0 Å².